The van der Waals surface area contributed by atoms with Gasteiger partial charge in [0.05, 0.1) is 6.61 Å². The molecule has 19 heavy (non-hydrogen) atoms. The van der Waals surface area contributed by atoms with Crippen molar-refractivity contribution in [3.05, 3.63) is 28.2 Å². The minimum Gasteiger partial charge on any atom is -0.493 e. The molecule has 0 fully saturated rings. The highest BCUT2D eigenvalue weighted by molar-refractivity contribution is 9.10. The van der Waals surface area contributed by atoms with Gasteiger partial charge in [-0.25, -0.2) is 0 Å². The van der Waals surface area contributed by atoms with Crippen LogP contribution in [0, 0.1) is 5.92 Å². The fourth-order valence-corrected chi connectivity index (χ4v) is 3.10. The lowest BCUT2D eigenvalue weighted by Crippen LogP contribution is -2.36. The van der Waals surface area contributed by atoms with Crippen molar-refractivity contribution in [3.8, 4) is 5.75 Å². The van der Waals surface area contributed by atoms with E-state index in [1.165, 1.54) is 12.0 Å². The summed E-state index contributed by atoms with van der Waals surface area (Å²) in [5, 5.41) is 3.83. The highest BCUT2D eigenvalue weighted by Gasteiger charge is 2.23. The monoisotopic (exact) mass is 325 g/mol. The zero-order valence-corrected chi connectivity index (χ0v) is 13.7. The molecule has 0 amide bonds. The molecular formula is C16H24BrNO. The highest BCUT2D eigenvalue weighted by Crippen LogP contribution is 2.34. The second-order valence-electron chi connectivity index (χ2n) is 5.65. The maximum absolute atomic E-state index is 5.87. The lowest BCUT2D eigenvalue weighted by atomic mass is 9.96. The predicted octanol–water partition coefficient (Wildman–Crippen LogP) is 4.69. The van der Waals surface area contributed by atoms with Gasteiger partial charge in [-0.05, 0) is 37.3 Å². The van der Waals surface area contributed by atoms with Crippen molar-refractivity contribution >= 4 is 15.9 Å². The molecule has 0 aromatic heterocycles. The molecule has 0 aliphatic carbocycles. The average Bonchev–Trinajstić information content (AvgIpc) is 2.57. The number of rotatable bonds is 4. The van der Waals surface area contributed by atoms with E-state index in [0.717, 1.165) is 29.7 Å². The number of ether oxygens (including phenoxy) is 1. The van der Waals surface area contributed by atoms with E-state index in [0.29, 0.717) is 18.0 Å². The molecule has 1 heterocycles. The summed E-state index contributed by atoms with van der Waals surface area (Å²) in [4.78, 5) is 0. The first-order valence-electron chi connectivity index (χ1n) is 7.30. The van der Waals surface area contributed by atoms with Crippen molar-refractivity contribution in [3.63, 3.8) is 0 Å². The Labute approximate surface area is 125 Å². The van der Waals surface area contributed by atoms with Crippen molar-refractivity contribution < 1.29 is 4.74 Å². The van der Waals surface area contributed by atoms with Crippen molar-refractivity contribution in [2.75, 3.05) is 6.61 Å². The predicted molar refractivity (Wildman–Crippen MR) is 83.7 cm³/mol. The summed E-state index contributed by atoms with van der Waals surface area (Å²) < 4.78 is 6.95. The van der Waals surface area contributed by atoms with Crippen LogP contribution in [-0.4, -0.2) is 12.6 Å². The van der Waals surface area contributed by atoms with Gasteiger partial charge in [0.1, 0.15) is 5.75 Å². The van der Waals surface area contributed by atoms with Crippen LogP contribution in [0.3, 0.4) is 0 Å². The maximum atomic E-state index is 5.87. The van der Waals surface area contributed by atoms with Crippen molar-refractivity contribution in [2.24, 2.45) is 5.92 Å². The lowest BCUT2D eigenvalue weighted by Gasteiger charge is -2.27. The fraction of sp³-hybridized carbons (Fsp3) is 0.625. The highest BCUT2D eigenvalue weighted by atomic mass is 79.9. The third-order valence-electron chi connectivity index (χ3n) is 3.91. The molecule has 2 nitrogen and oxygen atoms in total. The average molecular weight is 326 g/mol. The van der Waals surface area contributed by atoms with Crippen molar-refractivity contribution in [1.29, 1.82) is 0 Å². The summed E-state index contributed by atoms with van der Waals surface area (Å²) in [5.74, 6) is 1.69. The first-order valence-corrected chi connectivity index (χ1v) is 8.09. The molecule has 1 aromatic carbocycles. The Morgan fingerprint density at radius 3 is 2.89 bits per heavy atom. The van der Waals surface area contributed by atoms with Gasteiger partial charge in [-0.3, -0.25) is 0 Å². The molecule has 2 atom stereocenters. The van der Waals surface area contributed by atoms with E-state index in [-0.39, 0.29) is 0 Å². The van der Waals surface area contributed by atoms with Crippen LogP contribution in [0.5, 0.6) is 5.75 Å². The Morgan fingerprint density at radius 2 is 2.21 bits per heavy atom. The van der Waals surface area contributed by atoms with Crippen LogP contribution in [0.15, 0.2) is 22.7 Å². The lowest BCUT2D eigenvalue weighted by molar-refractivity contribution is 0.309. The van der Waals surface area contributed by atoms with Gasteiger partial charge in [0.25, 0.3) is 0 Å². The van der Waals surface area contributed by atoms with Crippen LogP contribution in [0.2, 0.25) is 0 Å². The summed E-state index contributed by atoms with van der Waals surface area (Å²) in [7, 11) is 0. The molecule has 0 saturated carbocycles. The van der Waals surface area contributed by atoms with E-state index in [1.54, 1.807) is 0 Å². The third-order valence-corrected chi connectivity index (χ3v) is 4.40. The van der Waals surface area contributed by atoms with Crippen LogP contribution in [0.4, 0.5) is 0 Å². The van der Waals surface area contributed by atoms with Gasteiger partial charge in [-0.15, -0.1) is 0 Å². The minimum absolute atomic E-state index is 0.415. The topological polar surface area (TPSA) is 21.3 Å². The Bertz CT molecular complexity index is 419. The molecule has 2 rings (SSSR count). The van der Waals surface area contributed by atoms with Gasteiger partial charge in [-0.1, -0.05) is 42.8 Å². The Morgan fingerprint density at radius 1 is 1.42 bits per heavy atom. The molecule has 1 N–H and O–H groups in total. The van der Waals surface area contributed by atoms with E-state index in [2.05, 4.69) is 60.2 Å². The maximum Gasteiger partial charge on any atom is 0.125 e. The smallest absolute Gasteiger partial charge is 0.125 e. The summed E-state index contributed by atoms with van der Waals surface area (Å²) >= 11 is 3.52. The molecule has 0 radical (unpaired) electrons. The number of hydrogen-bond acceptors (Lipinski definition) is 2. The molecule has 1 aliphatic rings. The van der Waals surface area contributed by atoms with Gasteiger partial charge in [-0.2, -0.15) is 0 Å². The number of nitrogens with one attached hydrogen (secondary N) is 1. The number of halogens is 1. The van der Waals surface area contributed by atoms with E-state index < -0.39 is 0 Å². The molecule has 0 spiro atoms. The van der Waals surface area contributed by atoms with Gasteiger partial charge in [0, 0.05) is 22.1 Å². The second kappa shape index (κ2) is 6.76. The number of hydrogen-bond donors (Lipinski definition) is 1. The van der Waals surface area contributed by atoms with Crippen LogP contribution >= 0.6 is 15.9 Å². The summed E-state index contributed by atoms with van der Waals surface area (Å²) in [6, 6.07) is 7.37. The fourth-order valence-electron chi connectivity index (χ4n) is 2.76. The van der Waals surface area contributed by atoms with E-state index in [9.17, 15) is 0 Å². The van der Waals surface area contributed by atoms with E-state index >= 15 is 0 Å². The summed E-state index contributed by atoms with van der Waals surface area (Å²) in [6.07, 6.45) is 3.43. The SMILES string of the molecule is CCC(NC1CCCOc2cc(Br)ccc21)C(C)C. The molecule has 3 heteroatoms. The summed E-state index contributed by atoms with van der Waals surface area (Å²) in [5.41, 5.74) is 1.31. The summed E-state index contributed by atoms with van der Waals surface area (Å²) in [6.45, 7) is 7.65. The quantitative estimate of drug-likeness (QED) is 0.867. The van der Waals surface area contributed by atoms with Gasteiger partial charge >= 0.3 is 0 Å². The second-order valence-corrected chi connectivity index (χ2v) is 6.57. The minimum atomic E-state index is 0.415. The van der Waals surface area contributed by atoms with Crippen molar-refractivity contribution in [1.82, 2.24) is 5.32 Å². The third kappa shape index (κ3) is 3.73. The van der Waals surface area contributed by atoms with Crippen molar-refractivity contribution in [2.45, 2.75) is 52.1 Å². The number of benzene rings is 1. The van der Waals surface area contributed by atoms with Gasteiger partial charge in [0.15, 0.2) is 0 Å². The first-order chi connectivity index (χ1) is 9.11. The van der Waals surface area contributed by atoms with Crippen LogP contribution in [-0.2, 0) is 0 Å². The zero-order chi connectivity index (χ0) is 13.8. The molecule has 0 saturated heterocycles. The Hall–Kier alpha value is -0.540. The van der Waals surface area contributed by atoms with Crippen LogP contribution in [0.25, 0.3) is 0 Å². The van der Waals surface area contributed by atoms with E-state index in [4.69, 9.17) is 4.74 Å². The first kappa shape index (κ1) is 14.9. The molecule has 2 unspecified atom stereocenters. The normalized spacial score (nSPS) is 20.6. The van der Waals surface area contributed by atoms with Crippen LogP contribution in [0.1, 0.15) is 51.6 Å². The molecule has 1 aliphatic heterocycles. The van der Waals surface area contributed by atoms with Crippen LogP contribution < -0.4 is 10.1 Å². The molecule has 0 bridgehead atoms. The Kier molecular flexibility index (Phi) is 5.28. The zero-order valence-electron chi connectivity index (χ0n) is 12.1. The Balaban J connectivity index is 2.21. The molecule has 106 valence electrons. The molecular weight excluding hydrogens is 302 g/mol. The van der Waals surface area contributed by atoms with Gasteiger partial charge in [0.2, 0.25) is 0 Å². The van der Waals surface area contributed by atoms with E-state index in [1.807, 2.05) is 0 Å². The standard InChI is InChI=1S/C16H24BrNO/c1-4-14(11(2)3)18-15-6-5-9-19-16-10-12(17)7-8-13(15)16/h7-8,10-11,14-15,18H,4-6,9H2,1-3H3. The molecule has 1 aromatic rings. The largest absolute Gasteiger partial charge is 0.493 e. The number of fused-ring (bicyclic) bond motifs is 1. The van der Waals surface area contributed by atoms with Gasteiger partial charge < -0.3 is 10.1 Å².